The number of aromatic hydroxyl groups is 1. The van der Waals surface area contributed by atoms with Gasteiger partial charge in [-0.15, -0.1) is 0 Å². The van der Waals surface area contributed by atoms with Crippen LogP contribution >= 0.6 is 15.9 Å². The number of benzene rings is 1. The van der Waals surface area contributed by atoms with Gasteiger partial charge in [0.1, 0.15) is 5.75 Å². The molecule has 1 aliphatic rings. The fourth-order valence-corrected chi connectivity index (χ4v) is 2.40. The minimum Gasteiger partial charge on any atom is -0.506 e. The maximum atomic E-state index is 11.2. The fourth-order valence-electron chi connectivity index (χ4n) is 2.03. The van der Waals surface area contributed by atoms with E-state index in [4.69, 9.17) is 0 Å². The number of halogens is 1. The molecule has 0 aliphatic heterocycles. The summed E-state index contributed by atoms with van der Waals surface area (Å²) in [5.41, 5.74) is -0.343. The van der Waals surface area contributed by atoms with Crippen LogP contribution in [0.4, 0.5) is 0 Å². The van der Waals surface area contributed by atoms with Gasteiger partial charge in [-0.05, 0) is 34.8 Å². The van der Waals surface area contributed by atoms with Crippen LogP contribution in [-0.2, 0) is 10.2 Å². The van der Waals surface area contributed by atoms with Crippen LogP contribution in [0.5, 0.6) is 5.75 Å². The molecule has 1 fully saturated rings. The summed E-state index contributed by atoms with van der Waals surface area (Å²) >= 11 is 3.20. The molecular weight excluding hydrogens is 260 g/mol. The van der Waals surface area contributed by atoms with E-state index in [1.807, 2.05) is 0 Å². The van der Waals surface area contributed by atoms with Crippen LogP contribution in [0.25, 0.3) is 0 Å². The molecule has 1 aliphatic carbocycles. The number of carboxylic acids is 1. The van der Waals surface area contributed by atoms with Gasteiger partial charge in [0.15, 0.2) is 0 Å². The Hall–Kier alpha value is -1.03. The van der Waals surface area contributed by atoms with Crippen molar-refractivity contribution in [1.29, 1.82) is 0 Å². The Morgan fingerprint density at radius 3 is 2.53 bits per heavy atom. The van der Waals surface area contributed by atoms with E-state index in [1.54, 1.807) is 18.2 Å². The minimum absolute atomic E-state index is 0.0552. The van der Waals surface area contributed by atoms with Crippen LogP contribution in [0, 0.1) is 0 Å². The summed E-state index contributed by atoms with van der Waals surface area (Å²) in [5.74, 6) is -0.790. The summed E-state index contributed by atoms with van der Waals surface area (Å²) in [6, 6.07) is 5.14. The Bertz CT molecular complexity index is 410. The third-order valence-corrected chi connectivity index (χ3v) is 3.76. The first kappa shape index (κ1) is 10.5. The molecule has 2 N–H and O–H groups in total. The first-order valence-corrected chi connectivity index (χ1v) is 5.58. The standard InChI is InChI=1S/C11H11BrO3/c12-8-4-1-3-7(9(8)13)11(10(14)15)5-2-6-11/h1,3-4,13H,2,5-6H2,(H,14,15). The monoisotopic (exact) mass is 270 g/mol. The van der Waals surface area contributed by atoms with E-state index in [0.717, 1.165) is 6.42 Å². The highest BCUT2D eigenvalue weighted by molar-refractivity contribution is 9.10. The second-order valence-electron chi connectivity index (χ2n) is 3.88. The maximum Gasteiger partial charge on any atom is 0.314 e. The predicted octanol–water partition coefficient (Wildman–Crippen LogP) is 2.66. The van der Waals surface area contributed by atoms with E-state index in [1.165, 1.54) is 0 Å². The van der Waals surface area contributed by atoms with Gasteiger partial charge in [-0.25, -0.2) is 0 Å². The van der Waals surface area contributed by atoms with E-state index in [9.17, 15) is 15.0 Å². The highest BCUT2D eigenvalue weighted by atomic mass is 79.9. The zero-order valence-electron chi connectivity index (χ0n) is 8.03. The normalized spacial score (nSPS) is 18.2. The first-order chi connectivity index (χ1) is 7.08. The lowest BCUT2D eigenvalue weighted by Gasteiger charge is -2.38. The summed E-state index contributed by atoms with van der Waals surface area (Å²) in [6.45, 7) is 0. The molecule has 0 atom stereocenters. The van der Waals surface area contributed by atoms with Crippen molar-refractivity contribution in [2.24, 2.45) is 0 Å². The average Bonchev–Trinajstić information content (AvgIpc) is 2.09. The average molecular weight is 271 g/mol. The number of phenolic OH excluding ortho intramolecular Hbond substituents is 1. The van der Waals surface area contributed by atoms with Crippen LogP contribution in [-0.4, -0.2) is 16.2 Å². The van der Waals surface area contributed by atoms with E-state index in [2.05, 4.69) is 15.9 Å². The molecule has 0 aromatic heterocycles. The zero-order valence-corrected chi connectivity index (χ0v) is 9.62. The Morgan fingerprint density at radius 1 is 1.40 bits per heavy atom. The third-order valence-electron chi connectivity index (χ3n) is 3.12. The number of rotatable bonds is 2. The Kier molecular flexibility index (Phi) is 2.46. The number of carboxylic acid groups (broad SMARTS) is 1. The van der Waals surface area contributed by atoms with Gasteiger partial charge in [-0.2, -0.15) is 0 Å². The lowest BCUT2D eigenvalue weighted by molar-refractivity contribution is -0.147. The highest BCUT2D eigenvalue weighted by Gasteiger charge is 2.47. The molecule has 4 heteroatoms. The van der Waals surface area contributed by atoms with Crippen molar-refractivity contribution in [1.82, 2.24) is 0 Å². The van der Waals surface area contributed by atoms with Gasteiger partial charge in [-0.1, -0.05) is 18.6 Å². The molecule has 0 saturated heterocycles. The molecule has 0 bridgehead atoms. The molecule has 15 heavy (non-hydrogen) atoms. The van der Waals surface area contributed by atoms with Crippen LogP contribution < -0.4 is 0 Å². The lowest BCUT2D eigenvalue weighted by atomic mass is 9.64. The molecule has 0 heterocycles. The van der Waals surface area contributed by atoms with Crippen molar-refractivity contribution in [3.63, 3.8) is 0 Å². The predicted molar refractivity (Wildman–Crippen MR) is 59.0 cm³/mol. The van der Waals surface area contributed by atoms with Gasteiger partial charge >= 0.3 is 5.97 Å². The largest absolute Gasteiger partial charge is 0.506 e. The smallest absolute Gasteiger partial charge is 0.314 e. The summed E-state index contributed by atoms with van der Waals surface area (Å²) < 4.78 is 0.549. The van der Waals surface area contributed by atoms with Gasteiger partial charge in [0.2, 0.25) is 0 Å². The van der Waals surface area contributed by atoms with Crippen molar-refractivity contribution in [3.05, 3.63) is 28.2 Å². The number of carbonyl (C=O) groups is 1. The highest BCUT2D eigenvalue weighted by Crippen LogP contribution is 2.48. The minimum atomic E-state index is -0.867. The molecular formula is C11H11BrO3. The van der Waals surface area contributed by atoms with Gasteiger partial charge in [0.05, 0.1) is 9.89 Å². The molecule has 80 valence electrons. The van der Waals surface area contributed by atoms with Gasteiger partial charge in [-0.3, -0.25) is 4.79 Å². The zero-order chi connectivity index (χ0) is 11.1. The van der Waals surface area contributed by atoms with E-state index in [-0.39, 0.29) is 5.75 Å². The van der Waals surface area contributed by atoms with Crippen molar-refractivity contribution < 1.29 is 15.0 Å². The number of phenols is 1. The molecule has 0 amide bonds. The second-order valence-corrected chi connectivity index (χ2v) is 4.73. The van der Waals surface area contributed by atoms with Crippen molar-refractivity contribution in [2.75, 3.05) is 0 Å². The number of aliphatic carboxylic acids is 1. The van der Waals surface area contributed by atoms with E-state index in [0.29, 0.717) is 22.9 Å². The second kappa shape index (κ2) is 3.52. The summed E-state index contributed by atoms with van der Waals surface area (Å²) in [6.07, 6.45) is 2.11. The molecule has 0 spiro atoms. The molecule has 2 rings (SSSR count). The summed E-state index contributed by atoms with van der Waals surface area (Å²) in [4.78, 5) is 11.2. The van der Waals surface area contributed by atoms with Gasteiger partial charge in [0, 0.05) is 5.56 Å². The molecule has 0 radical (unpaired) electrons. The fraction of sp³-hybridized carbons (Fsp3) is 0.364. The van der Waals surface area contributed by atoms with Crippen molar-refractivity contribution in [2.45, 2.75) is 24.7 Å². The third kappa shape index (κ3) is 1.44. The molecule has 0 unspecified atom stereocenters. The van der Waals surface area contributed by atoms with Crippen LogP contribution in [0.15, 0.2) is 22.7 Å². The Labute approximate surface area is 95.9 Å². The lowest BCUT2D eigenvalue weighted by Crippen LogP contribution is -2.42. The Morgan fingerprint density at radius 2 is 2.07 bits per heavy atom. The van der Waals surface area contributed by atoms with E-state index < -0.39 is 11.4 Å². The first-order valence-electron chi connectivity index (χ1n) is 4.79. The molecule has 1 aromatic rings. The van der Waals surface area contributed by atoms with Crippen LogP contribution in [0.2, 0.25) is 0 Å². The molecule has 3 nitrogen and oxygen atoms in total. The van der Waals surface area contributed by atoms with Crippen LogP contribution in [0.1, 0.15) is 24.8 Å². The van der Waals surface area contributed by atoms with Crippen LogP contribution in [0.3, 0.4) is 0 Å². The maximum absolute atomic E-state index is 11.2. The molecule has 1 saturated carbocycles. The Balaban J connectivity index is 2.53. The number of hydrogen-bond acceptors (Lipinski definition) is 2. The van der Waals surface area contributed by atoms with Gasteiger partial charge in [0.25, 0.3) is 0 Å². The summed E-state index contributed by atoms with van der Waals surface area (Å²) in [5, 5.41) is 19.1. The van der Waals surface area contributed by atoms with Crippen molar-refractivity contribution >= 4 is 21.9 Å². The topological polar surface area (TPSA) is 57.5 Å². The van der Waals surface area contributed by atoms with E-state index >= 15 is 0 Å². The number of hydrogen-bond donors (Lipinski definition) is 2. The molecule has 1 aromatic carbocycles. The number of para-hydroxylation sites is 1. The quantitative estimate of drug-likeness (QED) is 0.869. The summed E-state index contributed by atoms with van der Waals surface area (Å²) in [7, 11) is 0. The SMILES string of the molecule is O=C(O)C1(c2cccc(Br)c2O)CCC1. The van der Waals surface area contributed by atoms with Gasteiger partial charge < -0.3 is 10.2 Å². The van der Waals surface area contributed by atoms with Crippen molar-refractivity contribution in [3.8, 4) is 5.75 Å².